The molecule has 3 heteroatoms. The van der Waals surface area contributed by atoms with Crippen LogP contribution in [0.25, 0.3) is 0 Å². The van der Waals surface area contributed by atoms with Crippen molar-refractivity contribution in [1.82, 2.24) is 5.32 Å². The molecule has 2 aromatic rings. The van der Waals surface area contributed by atoms with Gasteiger partial charge in [-0.1, -0.05) is 60.7 Å². The minimum Gasteiger partial charge on any atom is -0.317 e. The molecule has 0 aliphatic carbocycles. The van der Waals surface area contributed by atoms with Crippen LogP contribution in [0, 0.1) is 0 Å². The Bertz CT molecular complexity index is 484. The molecule has 3 rings (SSSR count). The Morgan fingerprint density at radius 2 is 1.33 bits per heavy atom. The van der Waals surface area contributed by atoms with Gasteiger partial charge in [-0.25, -0.2) is 9.78 Å². The lowest BCUT2D eigenvalue weighted by Crippen LogP contribution is -2.32. The number of hydrogen-bond donors (Lipinski definition) is 1. The number of rotatable bonds is 5. The van der Waals surface area contributed by atoms with Gasteiger partial charge >= 0.3 is 0 Å². The summed E-state index contributed by atoms with van der Waals surface area (Å²) in [5.41, 5.74) is 2.22. The second-order valence-corrected chi connectivity index (χ2v) is 5.34. The first-order chi connectivity index (χ1) is 10.4. The van der Waals surface area contributed by atoms with E-state index in [0.29, 0.717) is 0 Å². The van der Waals surface area contributed by atoms with E-state index in [9.17, 15) is 0 Å². The molecule has 1 aliphatic rings. The molecule has 0 amide bonds. The Hall–Kier alpha value is -1.68. The first-order valence-corrected chi connectivity index (χ1v) is 7.56. The number of benzene rings is 2. The largest absolute Gasteiger partial charge is 0.317 e. The summed E-state index contributed by atoms with van der Waals surface area (Å²) in [6.45, 7) is 1.99. The van der Waals surface area contributed by atoms with Crippen LogP contribution in [0.1, 0.15) is 30.1 Å². The molecular weight excluding hydrogens is 262 g/mol. The van der Waals surface area contributed by atoms with E-state index in [1.165, 1.54) is 0 Å². The van der Waals surface area contributed by atoms with E-state index in [1.807, 2.05) is 36.4 Å². The maximum absolute atomic E-state index is 5.83. The van der Waals surface area contributed by atoms with Gasteiger partial charge in [-0.05, 0) is 37.1 Å². The minimum atomic E-state index is -0.178. The summed E-state index contributed by atoms with van der Waals surface area (Å²) in [6, 6.07) is 20.4. The third-order valence-electron chi connectivity index (χ3n) is 3.78. The van der Waals surface area contributed by atoms with Crippen molar-refractivity contribution in [1.29, 1.82) is 0 Å². The molecule has 0 aromatic heterocycles. The van der Waals surface area contributed by atoms with Crippen LogP contribution in [0.5, 0.6) is 0 Å². The Labute approximate surface area is 125 Å². The first-order valence-electron chi connectivity index (χ1n) is 7.56. The minimum absolute atomic E-state index is 0.178. The molecule has 1 aliphatic heterocycles. The molecule has 0 unspecified atom stereocenters. The maximum Gasteiger partial charge on any atom is 0.143 e. The van der Waals surface area contributed by atoms with Gasteiger partial charge in [-0.2, -0.15) is 0 Å². The van der Waals surface area contributed by atoms with Crippen molar-refractivity contribution in [2.24, 2.45) is 0 Å². The van der Waals surface area contributed by atoms with E-state index >= 15 is 0 Å². The third-order valence-corrected chi connectivity index (χ3v) is 3.78. The summed E-state index contributed by atoms with van der Waals surface area (Å²) < 4.78 is 0. The fourth-order valence-corrected chi connectivity index (χ4v) is 2.59. The highest BCUT2D eigenvalue weighted by molar-refractivity contribution is 5.29. The topological polar surface area (TPSA) is 30.5 Å². The molecule has 110 valence electrons. The first kappa shape index (κ1) is 14.3. The molecule has 1 saturated heterocycles. The standard InChI is InChI=1S/C18H21NO2/c1-3-7-15(8-4-1)18(16-9-5-2-6-10-16)21-20-17-11-13-19-14-12-17/h1-10,17-19H,11-14H2. The molecule has 0 saturated carbocycles. The van der Waals surface area contributed by atoms with Crippen LogP contribution in [0.4, 0.5) is 0 Å². The fourth-order valence-electron chi connectivity index (χ4n) is 2.59. The van der Waals surface area contributed by atoms with Gasteiger partial charge in [0.2, 0.25) is 0 Å². The van der Waals surface area contributed by atoms with Gasteiger partial charge in [0.15, 0.2) is 0 Å². The smallest absolute Gasteiger partial charge is 0.143 e. The molecule has 1 fully saturated rings. The summed E-state index contributed by atoms with van der Waals surface area (Å²) in [4.78, 5) is 11.5. The number of hydrogen-bond acceptors (Lipinski definition) is 3. The summed E-state index contributed by atoms with van der Waals surface area (Å²) in [5.74, 6) is 0. The van der Waals surface area contributed by atoms with Gasteiger partial charge in [-0.15, -0.1) is 0 Å². The van der Waals surface area contributed by atoms with Gasteiger partial charge in [0.1, 0.15) is 6.10 Å². The fraction of sp³-hybridized carbons (Fsp3) is 0.333. The summed E-state index contributed by atoms with van der Waals surface area (Å²) in [6.07, 6.45) is 2.00. The van der Waals surface area contributed by atoms with Crippen LogP contribution < -0.4 is 5.32 Å². The van der Waals surface area contributed by atoms with Crippen molar-refractivity contribution in [2.45, 2.75) is 25.0 Å². The highest BCUT2D eigenvalue weighted by Gasteiger charge is 2.20. The molecule has 1 heterocycles. The average molecular weight is 283 g/mol. The zero-order valence-electron chi connectivity index (χ0n) is 12.1. The highest BCUT2D eigenvalue weighted by atomic mass is 17.2. The SMILES string of the molecule is c1ccc(C(OOC2CCNCC2)c2ccccc2)cc1. The Kier molecular flexibility index (Phi) is 5.00. The van der Waals surface area contributed by atoms with Crippen molar-refractivity contribution in [2.75, 3.05) is 13.1 Å². The average Bonchev–Trinajstić information content (AvgIpc) is 2.58. The van der Waals surface area contributed by atoms with Crippen molar-refractivity contribution >= 4 is 0 Å². The molecule has 0 radical (unpaired) electrons. The summed E-state index contributed by atoms with van der Waals surface area (Å²) in [7, 11) is 0. The maximum atomic E-state index is 5.83. The molecule has 1 N–H and O–H groups in total. The van der Waals surface area contributed by atoms with Crippen molar-refractivity contribution in [3.63, 3.8) is 0 Å². The Morgan fingerprint density at radius 1 is 0.810 bits per heavy atom. The van der Waals surface area contributed by atoms with Crippen LogP contribution in [-0.2, 0) is 9.78 Å². The molecule has 21 heavy (non-hydrogen) atoms. The molecular formula is C18H21NO2. The van der Waals surface area contributed by atoms with Crippen LogP contribution in [0.2, 0.25) is 0 Å². The Balaban J connectivity index is 1.73. The van der Waals surface area contributed by atoms with E-state index in [0.717, 1.165) is 37.1 Å². The summed E-state index contributed by atoms with van der Waals surface area (Å²) in [5, 5.41) is 3.33. The van der Waals surface area contributed by atoms with Crippen LogP contribution in [0.15, 0.2) is 60.7 Å². The molecule has 0 bridgehead atoms. The lowest BCUT2D eigenvalue weighted by atomic mass is 10.0. The van der Waals surface area contributed by atoms with E-state index in [-0.39, 0.29) is 12.2 Å². The van der Waals surface area contributed by atoms with Gasteiger partial charge in [0.05, 0.1) is 6.10 Å². The van der Waals surface area contributed by atoms with Crippen LogP contribution in [-0.4, -0.2) is 19.2 Å². The second kappa shape index (κ2) is 7.36. The quantitative estimate of drug-likeness (QED) is 0.673. The van der Waals surface area contributed by atoms with Gasteiger partial charge in [0, 0.05) is 0 Å². The highest BCUT2D eigenvalue weighted by Crippen LogP contribution is 2.27. The monoisotopic (exact) mass is 283 g/mol. The van der Waals surface area contributed by atoms with Crippen LogP contribution in [0.3, 0.4) is 0 Å². The molecule has 0 atom stereocenters. The van der Waals surface area contributed by atoms with Crippen molar-refractivity contribution in [3.05, 3.63) is 71.8 Å². The van der Waals surface area contributed by atoms with Gasteiger partial charge in [-0.3, -0.25) is 0 Å². The Morgan fingerprint density at radius 3 is 1.86 bits per heavy atom. The van der Waals surface area contributed by atoms with E-state index in [2.05, 4.69) is 29.6 Å². The van der Waals surface area contributed by atoms with Crippen molar-refractivity contribution < 1.29 is 9.78 Å². The van der Waals surface area contributed by atoms with Gasteiger partial charge < -0.3 is 5.32 Å². The number of nitrogens with one attached hydrogen (secondary N) is 1. The van der Waals surface area contributed by atoms with E-state index < -0.39 is 0 Å². The zero-order chi connectivity index (χ0) is 14.3. The lowest BCUT2D eigenvalue weighted by molar-refractivity contribution is -0.348. The predicted octanol–water partition coefficient (Wildman–Crippen LogP) is 3.48. The van der Waals surface area contributed by atoms with Crippen LogP contribution >= 0.6 is 0 Å². The van der Waals surface area contributed by atoms with Crippen molar-refractivity contribution in [3.8, 4) is 0 Å². The number of piperidine rings is 1. The van der Waals surface area contributed by atoms with Gasteiger partial charge in [0.25, 0.3) is 0 Å². The molecule has 3 nitrogen and oxygen atoms in total. The summed E-state index contributed by atoms with van der Waals surface area (Å²) >= 11 is 0. The van der Waals surface area contributed by atoms with E-state index in [1.54, 1.807) is 0 Å². The normalized spacial score (nSPS) is 16.2. The molecule has 2 aromatic carbocycles. The molecule has 0 spiro atoms. The van der Waals surface area contributed by atoms with E-state index in [4.69, 9.17) is 9.78 Å². The zero-order valence-corrected chi connectivity index (χ0v) is 12.1. The second-order valence-electron chi connectivity index (χ2n) is 5.34. The lowest BCUT2D eigenvalue weighted by Gasteiger charge is -2.25. The third kappa shape index (κ3) is 3.91. The predicted molar refractivity (Wildman–Crippen MR) is 82.8 cm³/mol.